The molecule has 0 fully saturated rings. The Morgan fingerprint density at radius 3 is 2.89 bits per heavy atom. The molecule has 0 atom stereocenters. The standard InChI is InChI=1S/C13H14N2O2S/c1-13(2,12(16)17)6-10-8-18-11(15-10)9-4-3-5-14-7-9/h3-5,7-8H,6H2,1-2H3,(H,16,17). The monoisotopic (exact) mass is 262 g/mol. The molecule has 0 saturated heterocycles. The van der Waals surface area contributed by atoms with Gasteiger partial charge in [-0.1, -0.05) is 0 Å². The van der Waals surface area contributed by atoms with Crippen LogP contribution in [0.5, 0.6) is 0 Å². The summed E-state index contributed by atoms with van der Waals surface area (Å²) in [5.41, 5.74) is 0.980. The molecule has 2 aromatic heterocycles. The minimum absolute atomic E-state index is 0.430. The Balaban J connectivity index is 2.19. The van der Waals surface area contributed by atoms with E-state index in [0.717, 1.165) is 16.3 Å². The first-order chi connectivity index (χ1) is 8.49. The average Bonchev–Trinajstić information content (AvgIpc) is 2.78. The van der Waals surface area contributed by atoms with Crippen molar-refractivity contribution in [3.8, 4) is 10.6 Å². The third kappa shape index (κ3) is 2.73. The van der Waals surface area contributed by atoms with Gasteiger partial charge in [-0.2, -0.15) is 0 Å². The van der Waals surface area contributed by atoms with Crippen LogP contribution in [0.25, 0.3) is 10.6 Å². The van der Waals surface area contributed by atoms with Crippen LogP contribution in [-0.2, 0) is 11.2 Å². The summed E-state index contributed by atoms with van der Waals surface area (Å²) in [6, 6.07) is 3.80. The van der Waals surface area contributed by atoms with Gasteiger partial charge in [0.25, 0.3) is 0 Å². The highest BCUT2D eigenvalue weighted by Gasteiger charge is 2.28. The number of aliphatic carboxylic acids is 1. The maximum Gasteiger partial charge on any atom is 0.309 e. The molecular formula is C13H14N2O2S. The van der Waals surface area contributed by atoms with Crippen molar-refractivity contribution in [1.82, 2.24) is 9.97 Å². The van der Waals surface area contributed by atoms with E-state index in [2.05, 4.69) is 9.97 Å². The number of carbonyl (C=O) groups is 1. The molecule has 0 aliphatic heterocycles. The Labute approximate surface area is 109 Å². The number of aromatic nitrogens is 2. The van der Waals surface area contributed by atoms with Crippen molar-refractivity contribution in [2.24, 2.45) is 5.41 Å². The van der Waals surface area contributed by atoms with E-state index in [-0.39, 0.29) is 0 Å². The molecule has 1 N–H and O–H groups in total. The van der Waals surface area contributed by atoms with Gasteiger partial charge in [-0.05, 0) is 26.0 Å². The number of thiazole rings is 1. The fourth-order valence-corrected chi connectivity index (χ4v) is 2.35. The van der Waals surface area contributed by atoms with E-state index < -0.39 is 11.4 Å². The lowest BCUT2D eigenvalue weighted by Gasteiger charge is -2.16. The summed E-state index contributed by atoms with van der Waals surface area (Å²) in [4.78, 5) is 19.6. The molecule has 5 heteroatoms. The van der Waals surface area contributed by atoms with Crippen LogP contribution in [-0.4, -0.2) is 21.0 Å². The van der Waals surface area contributed by atoms with Gasteiger partial charge in [-0.3, -0.25) is 9.78 Å². The third-order valence-electron chi connectivity index (χ3n) is 2.66. The van der Waals surface area contributed by atoms with Gasteiger partial charge in [0, 0.05) is 29.8 Å². The number of nitrogens with zero attached hydrogens (tertiary/aromatic N) is 2. The summed E-state index contributed by atoms with van der Waals surface area (Å²) >= 11 is 1.51. The second kappa shape index (κ2) is 4.86. The number of hydrogen-bond acceptors (Lipinski definition) is 4. The highest BCUT2D eigenvalue weighted by molar-refractivity contribution is 7.13. The lowest BCUT2D eigenvalue weighted by Crippen LogP contribution is -2.26. The van der Waals surface area contributed by atoms with Crippen LogP contribution in [0.4, 0.5) is 0 Å². The van der Waals surface area contributed by atoms with Crippen LogP contribution >= 0.6 is 11.3 Å². The summed E-state index contributed by atoms with van der Waals surface area (Å²) in [5, 5.41) is 11.9. The summed E-state index contributed by atoms with van der Waals surface area (Å²) in [6.07, 6.45) is 3.90. The molecular weight excluding hydrogens is 248 g/mol. The maximum absolute atomic E-state index is 11.1. The van der Waals surface area contributed by atoms with E-state index >= 15 is 0 Å². The molecule has 2 heterocycles. The van der Waals surface area contributed by atoms with Gasteiger partial charge in [-0.25, -0.2) is 4.98 Å². The zero-order valence-electron chi connectivity index (χ0n) is 10.3. The lowest BCUT2D eigenvalue weighted by atomic mass is 9.88. The van der Waals surface area contributed by atoms with Gasteiger partial charge >= 0.3 is 5.97 Å². The Morgan fingerprint density at radius 1 is 1.50 bits per heavy atom. The normalized spacial score (nSPS) is 11.4. The Hall–Kier alpha value is -1.75. The van der Waals surface area contributed by atoms with Gasteiger partial charge < -0.3 is 5.11 Å². The first-order valence-corrected chi connectivity index (χ1v) is 6.45. The number of hydrogen-bond donors (Lipinski definition) is 1. The van der Waals surface area contributed by atoms with E-state index in [0.29, 0.717) is 6.42 Å². The lowest BCUT2D eigenvalue weighted by molar-refractivity contribution is -0.146. The van der Waals surface area contributed by atoms with Crippen molar-refractivity contribution < 1.29 is 9.90 Å². The minimum Gasteiger partial charge on any atom is -0.481 e. The zero-order chi connectivity index (χ0) is 13.2. The van der Waals surface area contributed by atoms with Crippen LogP contribution in [0.1, 0.15) is 19.5 Å². The largest absolute Gasteiger partial charge is 0.481 e. The molecule has 0 aromatic carbocycles. The van der Waals surface area contributed by atoms with Gasteiger partial charge in [0.15, 0.2) is 0 Å². The number of carboxylic acid groups (broad SMARTS) is 1. The fourth-order valence-electron chi connectivity index (χ4n) is 1.54. The fraction of sp³-hybridized carbons (Fsp3) is 0.308. The molecule has 0 aliphatic carbocycles. The molecule has 0 aliphatic rings. The van der Waals surface area contributed by atoms with Crippen molar-refractivity contribution in [3.05, 3.63) is 35.6 Å². The molecule has 0 radical (unpaired) electrons. The molecule has 0 amide bonds. The molecule has 4 nitrogen and oxygen atoms in total. The van der Waals surface area contributed by atoms with Gasteiger partial charge in [-0.15, -0.1) is 11.3 Å². The van der Waals surface area contributed by atoms with Crippen LogP contribution in [0.15, 0.2) is 29.9 Å². The molecule has 0 unspecified atom stereocenters. The third-order valence-corrected chi connectivity index (χ3v) is 3.60. The topological polar surface area (TPSA) is 63.1 Å². The maximum atomic E-state index is 11.1. The molecule has 0 spiro atoms. The Kier molecular flexibility index (Phi) is 3.43. The van der Waals surface area contributed by atoms with E-state index in [1.165, 1.54) is 11.3 Å². The van der Waals surface area contributed by atoms with E-state index in [1.54, 1.807) is 26.2 Å². The SMILES string of the molecule is CC(C)(Cc1csc(-c2cccnc2)n1)C(=O)O. The Morgan fingerprint density at radius 2 is 2.28 bits per heavy atom. The summed E-state index contributed by atoms with van der Waals surface area (Å²) < 4.78 is 0. The van der Waals surface area contributed by atoms with E-state index in [9.17, 15) is 4.79 Å². The molecule has 2 aromatic rings. The second-order valence-electron chi connectivity index (χ2n) is 4.75. The van der Waals surface area contributed by atoms with Gasteiger partial charge in [0.1, 0.15) is 5.01 Å². The van der Waals surface area contributed by atoms with Crippen molar-refractivity contribution in [2.45, 2.75) is 20.3 Å². The first-order valence-electron chi connectivity index (χ1n) is 5.57. The molecule has 2 rings (SSSR count). The van der Waals surface area contributed by atoms with Crippen LogP contribution in [0.2, 0.25) is 0 Å². The van der Waals surface area contributed by atoms with Crippen molar-refractivity contribution in [1.29, 1.82) is 0 Å². The predicted octanol–water partition coefficient (Wildman–Crippen LogP) is 2.86. The van der Waals surface area contributed by atoms with Crippen LogP contribution < -0.4 is 0 Å². The molecule has 18 heavy (non-hydrogen) atoms. The highest BCUT2D eigenvalue weighted by atomic mass is 32.1. The first kappa shape index (κ1) is 12.7. The van der Waals surface area contributed by atoms with Crippen molar-refractivity contribution >= 4 is 17.3 Å². The summed E-state index contributed by atoms with van der Waals surface area (Å²) in [5.74, 6) is -0.807. The summed E-state index contributed by atoms with van der Waals surface area (Å²) in [6.45, 7) is 3.41. The number of carboxylic acids is 1. The molecule has 0 bridgehead atoms. The van der Waals surface area contributed by atoms with Crippen LogP contribution in [0, 0.1) is 5.41 Å². The smallest absolute Gasteiger partial charge is 0.309 e. The zero-order valence-corrected chi connectivity index (χ0v) is 11.1. The van der Waals surface area contributed by atoms with Gasteiger partial charge in [0.2, 0.25) is 0 Å². The Bertz CT molecular complexity index is 549. The van der Waals surface area contributed by atoms with Gasteiger partial charge in [0.05, 0.1) is 11.1 Å². The molecule has 0 saturated carbocycles. The van der Waals surface area contributed by atoms with E-state index in [1.807, 2.05) is 17.5 Å². The minimum atomic E-state index is -0.807. The van der Waals surface area contributed by atoms with Crippen molar-refractivity contribution in [2.75, 3.05) is 0 Å². The van der Waals surface area contributed by atoms with E-state index in [4.69, 9.17) is 5.11 Å². The second-order valence-corrected chi connectivity index (χ2v) is 5.61. The van der Waals surface area contributed by atoms with Crippen LogP contribution in [0.3, 0.4) is 0 Å². The van der Waals surface area contributed by atoms with Crippen molar-refractivity contribution in [3.63, 3.8) is 0 Å². The number of pyridine rings is 1. The molecule has 94 valence electrons. The average molecular weight is 262 g/mol. The number of rotatable bonds is 4. The highest BCUT2D eigenvalue weighted by Crippen LogP contribution is 2.27. The quantitative estimate of drug-likeness (QED) is 0.920. The summed E-state index contributed by atoms with van der Waals surface area (Å²) in [7, 11) is 0. The predicted molar refractivity (Wildman–Crippen MR) is 70.5 cm³/mol.